The molecule has 0 radical (unpaired) electrons. The minimum Gasteiger partial charge on any atom is -0.289 e. The number of hydrogen-bond donors (Lipinski definition) is 1. The molecule has 0 unspecified atom stereocenters. The molecule has 3 rings (SSSR count). The van der Waals surface area contributed by atoms with Crippen LogP contribution in [0.25, 0.3) is 10.8 Å². The summed E-state index contributed by atoms with van der Waals surface area (Å²) in [5.74, 6) is 0.176. The summed E-state index contributed by atoms with van der Waals surface area (Å²) in [5, 5.41) is 16.3. The molecule has 0 bridgehead atoms. The lowest BCUT2D eigenvalue weighted by Gasteiger charge is -2.10. The minimum atomic E-state index is -0.199. The van der Waals surface area contributed by atoms with Gasteiger partial charge >= 0.3 is 0 Å². The van der Waals surface area contributed by atoms with Crippen molar-refractivity contribution in [1.82, 2.24) is 20.2 Å². The quantitative estimate of drug-likeness (QED) is 0.803. The molecule has 0 saturated heterocycles. The number of anilines is 1. The van der Waals surface area contributed by atoms with E-state index in [1.54, 1.807) is 4.68 Å². The average Bonchev–Trinajstić information content (AvgIpc) is 2.95. The largest absolute Gasteiger partial charge is 0.289 e. The predicted octanol–water partition coefficient (Wildman–Crippen LogP) is 2.80. The fourth-order valence-corrected chi connectivity index (χ4v) is 2.50. The first kappa shape index (κ1) is 14.2. The zero-order chi connectivity index (χ0) is 15.5. The molecule has 22 heavy (non-hydrogen) atoms. The van der Waals surface area contributed by atoms with Crippen LogP contribution in [0.5, 0.6) is 0 Å². The summed E-state index contributed by atoms with van der Waals surface area (Å²) in [5.41, 5.74) is 1.58. The Kier molecular flexibility index (Phi) is 3.82. The maximum absolute atomic E-state index is 12.5. The van der Waals surface area contributed by atoms with Crippen molar-refractivity contribution in [2.45, 2.75) is 26.8 Å². The summed E-state index contributed by atoms with van der Waals surface area (Å²) < 4.78 is 1.59. The van der Waals surface area contributed by atoms with Gasteiger partial charge in [0.25, 0.3) is 5.91 Å². The maximum Gasteiger partial charge on any atom is 0.258 e. The zero-order valence-electron chi connectivity index (χ0n) is 12.6. The van der Waals surface area contributed by atoms with Gasteiger partial charge in [-0.15, -0.1) is 0 Å². The lowest BCUT2D eigenvalue weighted by molar-refractivity contribution is 0.102. The number of aromatic nitrogens is 4. The lowest BCUT2D eigenvalue weighted by Crippen LogP contribution is -2.17. The highest BCUT2D eigenvalue weighted by Crippen LogP contribution is 2.22. The predicted molar refractivity (Wildman–Crippen MR) is 84.7 cm³/mol. The van der Waals surface area contributed by atoms with Crippen LogP contribution in [0.1, 0.15) is 29.3 Å². The van der Waals surface area contributed by atoms with Gasteiger partial charge in [0, 0.05) is 12.1 Å². The van der Waals surface area contributed by atoms with Crippen LogP contribution >= 0.6 is 0 Å². The molecule has 0 aliphatic heterocycles. The molecule has 1 aromatic heterocycles. The number of nitrogens with one attached hydrogen (secondary N) is 1. The number of hydrogen-bond acceptors (Lipinski definition) is 4. The second-order valence-electron chi connectivity index (χ2n) is 5.14. The molecule has 0 aliphatic rings. The van der Waals surface area contributed by atoms with E-state index >= 15 is 0 Å². The van der Waals surface area contributed by atoms with E-state index in [9.17, 15) is 4.79 Å². The number of carbonyl (C=O) groups is 1. The lowest BCUT2D eigenvalue weighted by atomic mass is 10.00. The molecule has 0 fully saturated rings. The van der Waals surface area contributed by atoms with E-state index in [1.807, 2.05) is 50.2 Å². The van der Waals surface area contributed by atoms with E-state index in [4.69, 9.17) is 0 Å². The Morgan fingerprint density at radius 1 is 1.23 bits per heavy atom. The van der Waals surface area contributed by atoms with E-state index in [-0.39, 0.29) is 5.91 Å². The molecule has 3 aromatic rings. The monoisotopic (exact) mass is 295 g/mol. The number of benzene rings is 2. The van der Waals surface area contributed by atoms with Crippen molar-refractivity contribution in [3.8, 4) is 0 Å². The first-order valence-corrected chi connectivity index (χ1v) is 7.26. The van der Waals surface area contributed by atoms with Crippen molar-refractivity contribution in [1.29, 1.82) is 0 Å². The minimum absolute atomic E-state index is 0.199. The summed E-state index contributed by atoms with van der Waals surface area (Å²) >= 11 is 0. The highest BCUT2D eigenvalue weighted by molar-refractivity contribution is 6.07. The molecule has 0 atom stereocenters. The van der Waals surface area contributed by atoms with Gasteiger partial charge in [0.05, 0.1) is 0 Å². The van der Waals surface area contributed by atoms with Gasteiger partial charge in [-0.1, -0.05) is 42.4 Å². The highest BCUT2D eigenvalue weighted by atomic mass is 16.1. The number of carbonyl (C=O) groups excluding carboxylic acids is 1. The number of fused-ring (bicyclic) bond motifs is 1. The number of tetrazole rings is 1. The second-order valence-corrected chi connectivity index (χ2v) is 5.14. The smallest absolute Gasteiger partial charge is 0.258 e. The van der Waals surface area contributed by atoms with Crippen LogP contribution in [0.15, 0.2) is 36.4 Å². The van der Waals surface area contributed by atoms with Crippen molar-refractivity contribution in [2.75, 3.05) is 5.32 Å². The molecule has 2 aromatic carbocycles. The van der Waals surface area contributed by atoms with Crippen LogP contribution in [-0.2, 0) is 6.54 Å². The van der Waals surface area contributed by atoms with Gasteiger partial charge in [0.15, 0.2) is 0 Å². The second kappa shape index (κ2) is 5.93. The standard InChI is InChI=1S/C16H17N5O/c1-3-10-21-16(18-19-20-21)17-15(22)14-9-8-12-6-4-5-7-13(12)11(14)2/h4-9H,3,10H2,1-2H3,(H,17,18,20,22). The molecule has 6 heteroatoms. The topological polar surface area (TPSA) is 72.7 Å². The summed E-state index contributed by atoms with van der Waals surface area (Å²) in [6, 6.07) is 11.8. The van der Waals surface area contributed by atoms with Gasteiger partial charge in [0.2, 0.25) is 5.95 Å². The van der Waals surface area contributed by atoms with Crippen molar-refractivity contribution >= 4 is 22.6 Å². The van der Waals surface area contributed by atoms with Gasteiger partial charge < -0.3 is 0 Å². The zero-order valence-corrected chi connectivity index (χ0v) is 12.6. The van der Waals surface area contributed by atoms with E-state index in [2.05, 4.69) is 20.8 Å². The molecule has 0 saturated carbocycles. The van der Waals surface area contributed by atoms with E-state index < -0.39 is 0 Å². The summed E-state index contributed by atoms with van der Waals surface area (Å²) in [4.78, 5) is 12.5. The molecular formula is C16H17N5O. The molecular weight excluding hydrogens is 278 g/mol. The SMILES string of the molecule is CCCn1nnnc1NC(=O)c1ccc2ccccc2c1C. The van der Waals surface area contributed by atoms with Crippen LogP contribution in [0.3, 0.4) is 0 Å². The molecule has 112 valence electrons. The van der Waals surface area contributed by atoms with Crippen LogP contribution in [0, 0.1) is 6.92 Å². The molecule has 1 N–H and O–H groups in total. The van der Waals surface area contributed by atoms with Gasteiger partial charge in [0.1, 0.15) is 0 Å². The summed E-state index contributed by atoms with van der Waals surface area (Å²) in [6.45, 7) is 4.65. The first-order chi connectivity index (χ1) is 10.7. The van der Waals surface area contributed by atoms with Gasteiger partial charge in [-0.3, -0.25) is 10.1 Å². The molecule has 1 amide bonds. The fourth-order valence-electron chi connectivity index (χ4n) is 2.50. The molecule has 6 nitrogen and oxygen atoms in total. The van der Waals surface area contributed by atoms with Crippen molar-refractivity contribution in [3.63, 3.8) is 0 Å². The van der Waals surface area contributed by atoms with E-state index in [0.29, 0.717) is 18.1 Å². The Labute approximate surface area is 128 Å². The maximum atomic E-state index is 12.5. The van der Waals surface area contributed by atoms with E-state index in [0.717, 1.165) is 22.8 Å². The average molecular weight is 295 g/mol. The number of aryl methyl sites for hydroxylation is 2. The van der Waals surface area contributed by atoms with Crippen LogP contribution in [-0.4, -0.2) is 26.1 Å². The third-order valence-electron chi connectivity index (χ3n) is 3.64. The first-order valence-electron chi connectivity index (χ1n) is 7.26. The summed E-state index contributed by atoms with van der Waals surface area (Å²) in [7, 11) is 0. The Morgan fingerprint density at radius 2 is 2.05 bits per heavy atom. The Balaban J connectivity index is 1.92. The van der Waals surface area contributed by atoms with Gasteiger partial charge in [-0.25, -0.2) is 4.68 Å². The fraction of sp³-hybridized carbons (Fsp3) is 0.250. The van der Waals surface area contributed by atoms with Crippen molar-refractivity contribution in [3.05, 3.63) is 47.5 Å². The van der Waals surface area contributed by atoms with Crippen LogP contribution in [0.4, 0.5) is 5.95 Å². The third-order valence-corrected chi connectivity index (χ3v) is 3.64. The Morgan fingerprint density at radius 3 is 2.86 bits per heavy atom. The Bertz CT molecular complexity index is 824. The summed E-state index contributed by atoms with van der Waals surface area (Å²) in [6.07, 6.45) is 0.892. The van der Waals surface area contributed by atoms with Crippen LogP contribution < -0.4 is 5.32 Å². The highest BCUT2D eigenvalue weighted by Gasteiger charge is 2.14. The normalized spacial score (nSPS) is 10.8. The van der Waals surface area contributed by atoms with Gasteiger partial charge in [-0.05, 0) is 46.2 Å². The number of rotatable bonds is 4. The van der Waals surface area contributed by atoms with Gasteiger partial charge in [-0.2, -0.15) is 0 Å². The Hall–Kier alpha value is -2.76. The third kappa shape index (κ3) is 2.55. The molecule has 0 spiro atoms. The molecule has 0 aliphatic carbocycles. The molecule has 1 heterocycles. The van der Waals surface area contributed by atoms with Crippen molar-refractivity contribution in [2.24, 2.45) is 0 Å². The number of nitrogens with zero attached hydrogens (tertiary/aromatic N) is 4. The van der Waals surface area contributed by atoms with E-state index in [1.165, 1.54) is 0 Å². The van der Waals surface area contributed by atoms with Crippen molar-refractivity contribution < 1.29 is 4.79 Å². The van der Waals surface area contributed by atoms with Crippen LogP contribution in [0.2, 0.25) is 0 Å². The number of amides is 1.